The van der Waals surface area contributed by atoms with Gasteiger partial charge in [0.2, 0.25) is 12.6 Å². The van der Waals surface area contributed by atoms with Crippen molar-refractivity contribution in [1.82, 2.24) is 0 Å². The molecule has 2 aliphatic heterocycles. The highest BCUT2D eigenvalue weighted by Gasteiger charge is 2.64. The summed E-state index contributed by atoms with van der Waals surface area (Å²) in [4.78, 5) is 26.5. The summed E-state index contributed by atoms with van der Waals surface area (Å²) in [5.41, 5.74) is -1.06. The molecule has 28 heavy (non-hydrogen) atoms. The third-order valence-corrected chi connectivity index (χ3v) is 7.68. The van der Waals surface area contributed by atoms with Crippen molar-refractivity contribution in [2.24, 2.45) is 22.7 Å². The number of ether oxygens (including phenoxy) is 4. The van der Waals surface area contributed by atoms with Crippen LogP contribution in [-0.2, 0) is 28.5 Å². The highest BCUT2D eigenvalue weighted by molar-refractivity contribution is 5.83. The lowest BCUT2D eigenvalue weighted by Crippen LogP contribution is -2.59. The molecule has 6 fully saturated rings. The van der Waals surface area contributed by atoms with Gasteiger partial charge in [-0.05, 0) is 76.0 Å². The van der Waals surface area contributed by atoms with E-state index in [1.54, 1.807) is 0 Å². The Balaban J connectivity index is 1.31. The van der Waals surface area contributed by atoms with E-state index >= 15 is 0 Å². The maximum Gasteiger partial charge on any atom is 0.314 e. The summed E-state index contributed by atoms with van der Waals surface area (Å²) in [7, 11) is 0. The monoisotopic (exact) mass is 392 g/mol. The Kier molecular flexibility index (Phi) is 4.90. The number of carbonyl (C=O) groups excluding carboxylic acids is 2. The molecule has 6 rings (SSSR count). The lowest BCUT2D eigenvalue weighted by Gasteiger charge is -2.59. The van der Waals surface area contributed by atoms with Crippen LogP contribution in [0.25, 0.3) is 0 Å². The molecule has 2 heterocycles. The molecule has 4 bridgehead atoms. The summed E-state index contributed by atoms with van der Waals surface area (Å²) in [5.74, 6) is 0.556. The first-order chi connectivity index (χ1) is 13.6. The molecule has 0 N–H and O–H groups in total. The Morgan fingerprint density at radius 1 is 0.714 bits per heavy atom. The number of carbonyl (C=O) groups is 2. The second-order valence-corrected chi connectivity index (χ2v) is 9.92. The molecule has 0 spiro atoms. The molecular weight excluding hydrogens is 360 g/mol. The molecule has 4 aliphatic carbocycles. The van der Waals surface area contributed by atoms with Gasteiger partial charge in [0.05, 0.1) is 24.0 Å². The number of hydrogen-bond donors (Lipinski definition) is 0. The normalized spacial score (nSPS) is 44.9. The molecule has 0 aromatic carbocycles. The van der Waals surface area contributed by atoms with Gasteiger partial charge in [-0.25, -0.2) is 0 Å². The van der Waals surface area contributed by atoms with E-state index in [-0.39, 0.29) is 11.9 Å². The summed E-state index contributed by atoms with van der Waals surface area (Å²) >= 11 is 0. The van der Waals surface area contributed by atoms with E-state index < -0.39 is 23.4 Å². The fourth-order valence-corrected chi connectivity index (χ4v) is 6.84. The van der Waals surface area contributed by atoms with Gasteiger partial charge in [-0.1, -0.05) is 0 Å². The lowest BCUT2D eigenvalue weighted by molar-refractivity contribution is -0.226. The van der Waals surface area contributed by atoms with Gasteiger partial charge in [-0.2, -0.15) is 0 Å². The third-order valence-electron chi connectivity index (χ3n) is 7.68. The van der Waals surface area contributed by atoms with Crippen molar-refractivity contribution in [2.75, 3.05) is 13.2 Å². The summed E-state index contributed by atoms with van der Waals surface area (Å²) in [6.45, 7) is 1.32. The van der Waals surface area contributed by atoms with Gasteiger partial charge in [-0.15, -0.1) is 0 Å². The zero-order valence-corrected chi connectivity index (χ0v) is 16.7. The lowest BCUT2D eigenvalue weighted by atomic mass is 9.44. The van der Waals surface area contributed by atoms with Gasteiger partial charge in [-0.3, -0.25) is 9.59 Å². The SMILES string of the molecule is O=C(OC1CCCCO1)C12CC3CC(C1)CC(C(=O)OC1CCCCO1)(C3)C2. The van der Waals surface area contributed by atoms with Crippen LogP contribution in [0.3, 0.4) is 0 Å². The van der Waals surface area contributed by atoms with E-state index in [2.05, 4.69) is 0 Å². The quantitative estimate of drug-likeness (QED) is 0.679. The first kappa shape index (κ1) is 18.9. The largest absolute Gasteiger partial charge is 0.435 e. The predicted octanol–water partition coefficient (Wildman–Crippen LogP) is 3.71. The molecule has 0 amide bonds. The van der Waals surface area contributed by atoms with Gasteiger partial charge in [0.15, 0.2) is 0 Å². The van der Waals surface area contributed by atoms with E-state index in [0.717, 1.165) is 70.6 Å². The molecule has 0 aromatic rings. The Bertz CT molecular complexity index is 555. The van der Waals surface area contributed by atoms with Crippen LogP contribution in [0.5, 0.6) is 0 Å². The van der Waals surface area contributed by atoms with Crippen LogP contribution >= 0.6 is 0 Å². The van der Waals surface area contributed by atoms with Crippen molar-refractivity contribution in [3.63, 3.8) is 0 Å². The van der Waals surface area contributed by atoms with Crippen LogP contribution in [0.15, 0.2) is 0 Å². The van der Waals surface area contributed by atoms with Crippen molar-refractivity contribution < 1.29 is 28.5 Å². The maximum atomic E-state index is 13.2. The van der Waals surface area contributed by atoms with Crippen molar-refractivity contribution in [3.8, 4) is 0 Å². The van der Waals surface area contributed by atoms with E-state index in [4.69, 9.17) is 18.9 Å². The van der Waals surface area contributed by atoms with Crippen LogP contribution in [0.1, 0.15) is 77.0 Å². The van der Waals surface area contributed by atoms with Crippen molar-refractivity contribution in [2.45, 2.75) is 89.6 Å². The molecule has 6 nitrogen and oxygen atoms in total. The topological polar surface area (TPSA) is 71.1 Å². The standard InChI is InChI=1S/C22H32O6/c23-19(27-17-5-1-3-7-25-17)21-10-15-9-16(11-21)13-22(12-15,14-21)20(24)28-18-6-2-4-8-26-18/h15-18H,1-14H2. The summed E-state index contributed by atoms with van der Waals surface area (Å²) in [6.07, 6.45) is 9.98. The molecule has 4 saturated carbocycles. The molecule has 0 radical (unpaired) electrons. The minimum atomic E-state index is -0.530. The first-order valence-corrected chi connectivity index (χ1v) is 11.2. The second-order valence-electron chi connectivity index (χ2n) is 9.92. The number of hydrogen-bond acceptors (Lipinski definition) is 6. The van der Waals surface area contributed by atoms with Crippen molar-refractivity contribution in [3.05, 3.63) is 0 Å². The maximum absolute atomic E-state index is 13.2. The molecule has 6 heteroatoms. The summed E-state index contributed by atoms with van der Waals surface area (Å²) in [6, 6.07) is 0. The minimum absolute atomic E-state index is 0.139. The predicted molar refractivity (Wildman–Crippen MR) is 98.9 cm³/mol. The van der Waals surface area contributed by atoms with Crippen LogP contribution < -0.4 is 0 Å². The van der Waals surface area contributed by atoms with Gasteiger partial charge in [0, 0.05) is 12.8 Å². The Hall–Kier alpha value is -1.14. The van der Waals surface area contributed by atoms with Crippen LogP contribution in [0.4, 0.5) is 0 Å². The molecule has 6 aliphatic rings. The van der Waals surface area contributed by atoms with E-state index in [9.17, 15) is 9.59 Å². The van der Waals surface area contributed by atoms with Gasteiger partial charge in [0.1, 0.15) is 0 Å². The first-order valence-electron chi connectivity index (χ1n) is 11.2. The number of esters is 2. The zero-order chi connectivity index (χ0) is 19.2. The van der Waals surface area contributed by atoms with Gasteiger partial charge in [0.25, 0.3) is 0 Å². The molecule has 2 unspecified atom stereocenters. The average molecular weight is 392 g/mol. The Morgan fingerprint density at radius 3 is 1.57 bits per heavy atom. The molecule has 156 valence electrons. The fraction of sp³-hybridized carbons (Fsp3) is 0.909. The van der Waals surface area contributed by atoms with Crippen LogP contribution in [-0.4, -0.2) is 37.7 Å². The van der Waals surface area contributed by atoms with E-state index in [1.165, 1.54) is 0 Å². The van der Waals surface area contributed by atoms with Gasteiger partial charge < -0.3 is 18.9 Å². The third kappa shape index (κ3) is 3.36. The Morgan fingerprint density at radius 2 is 1.18 bits per heavy atom. The van der Waals surface area contributed by atoms with Crippen molar-refractivity contribution in [1.29, 1.82) is 0 Å². The molecule has 0 aromatic heterocycles. The molecular formula is C22H32O6. The highest BCUT2D eigenvalue weighted by Crippen LogP contribution is 2.66. The molecule has 2 saturated heterocycles. The fourth-order valence-electron chi connectivity index (χ4n) is 6.84. The van der Waals surface area contributed by atoms with E-state index in [0.29, 0.717) is 31.5 Å². The van der Waals surface area contributed by atoms with Crippen molar-refractivity contribution >= 4 is 11.9 Å². The molecule has 2 atom stereocenters. The van der Waals surface area contributed by atoms with Gasteiger partial charge >= 0.3 is 11.9 Å². The van der Waals surface area contributed by atoms with Crippen LogP contribution in [0.2, 0.25) is 0 Å². The minimum Gasteiger partial charge on any atom is -0.435 e. The zero-order valence-electron chi connectivity index (χ0n) is 16.7. The number of rotatable bonds is 4. The van der Waals surface area contributed by atoms with Crippen LogP contribution in [0, 0.1) is 22.7 Å². The second kappa shape index (κ2) is 7.28. The average Bonchev–Trinajstić information content (AvgIpc) is 2.68. The highest BCUT2D eigenvalue weighted by atomic mass is 16.7. The Labute approximate surface area is 166 Å². The van der Waals surface area contributed by atoms with E-state index in [1.807, 2.05) is 0 Å². The summed E-state index contributed by atoms with van der Waals surface area (Å²) in [5, 5.41) is 0. The smallest absolute Gasteiger partial charge is 0.314 e. The summed E-state index contributed by atoms with van der Waals surface area (Å²) < 4.78 is 22.9.